The van der Waals surface area contributed by atoms with Crippen LogP contribution in [0.4, 0.5) is 5.69 Å². The average Bonchev–Trinajstić information content (AvgIpc) is 3.40. The fourth-order valence-electron chi connectivity index (χ4n) is 4.78. The zero-order chi connectivity index (χ0) is 21.2. The van der Waals surface area contributed by atoms with Crippen LogP contribution in [0.3, 0.4) is 0 Å². The molecule has 1 aliphatic heterocycles. The van der Waals surface area contributed by atoms with E-state index in [4.69, 9.17) is 4.98 Å². The SMILES string of the molecule is O=C(Nc1ccc2nc(C3CCCCC3)[nH]c2c1)c1cccc(CN2CCCC2=O)c1. The maximum atomic E-state index is 12.8. The topological polar surface area (TPSA) is 78.1 Å². The van der Waals surface area contributed by atoms with Crippen LogP contribution in [0.15, 0.2) is 42.5 Å². The van der Waals surface area contributed by atoms with E-state index in [0.717, 1.165) is 41.1 Å². The van der Waals surface area contributed by atoms with Gasteiger partial charge in [0.15, 0.2) is 0 Å². The lowest BCUT2D eigenvalue weighted by atomic mass is 9.89. The summed E-state index contributed by atoms with van der Waals surface area (Å²) in [6.45, 7) is 1.35. The monoisotopic (exact) mass is 416 g/mol. The molecule has 31 heavy (non-hydrogen) atoms. The molecule has 2 N–H and O–H groups in total. The van der Waals surface area contributed by atoms with Crippen molar-refractivity contribution in [1.29, 1.82) is 0 Å². The van der Waals surface area contributed by atoms with Crippen LogP contribution in [0.25, 0.3) is 11.0 Å². The quantitative estimate of drug-likeness (QED) is 0.615. The van der Waals surface area contributed by atoms with Crippen LogP contribution in [-0.4, -0.2) is 33.2 Å². The normalized spacial score (nSPS) is 17.4. The molecule has 6 nitrogen and oxygen atoms in total. The number of aromatic amines is 1. The van der Waals surface area contributed by atoms with Crippen LogP contribution < -0.4 is 5.32 Å². The minimum atomic E-state index is -0.152. The van der Waals surface area contributed by atoms with E-state index in [1.165, 1.54) is 32.1 Å². The fourth-order valence-corrected chi connectivity index (χ4v) is 4.78. The summed E-state index contributed by atoms with van der Waals surface area (Å²) >= 11 is 0. The molecule has 0 radical (unpaired) electrons. The van der Waals surface area contributed by atoms with Gasteiger partial charge in [0.1, 0.15) is 5.82 Å². The minimum absolute atomic E-state index is 0.152. The molecule has 0 unspecified atom stereocenters. The highest BCUT2D eigenvalue weighted by molar-refractivity contribution is 6.05. The second kappa shape index (κ2) is 8.53. The first-order valence-electron chi connectivity index (χ1n) is 11.3. The number of rotatable bonds is 5. The molecule has 0 atom stereocenters. The van der Waals surface area contributed by atoms with Crippen molar-refractivity contribution in [3.63, 3.8) is 0 Å². The van der Waals surface area contributed by atoms with E-state index >= 15 is 0 Å². The van der Waals surface area contributed by atoms with Gasteiger partial charge in [-0.05, 0) is 55.2 Å². The van der Waals surface area contributed by atoms with Crippen molar-refractivity contribution in [3.05, 3.63) is 59.4 Å². The predicted octanol–water partition coefficient (Wildman–Crippen LogP) is 4.99. The third-order valence-corrected chi connectivity index (χ3v) is 6.48. The summed E-state index contributed by atoms with van der Waals surface area (Å²) in [7, 11) is 0. The lowest BCUT2D eigenvalue weighted by Crippen LogP contribution is -2.24. The van der Waals surface area contributed by atoms with E-state index in [0.29, 0.717) is 24.4 Å². The van der Waals surface area contributed by atoms with Gasteiger partial charge in [-0.15, -0.1) is 0 Å². The van der Waals surface area contributed by atoms with Gasteiger partial charge in [-0.25, -0.2) is 4.98 Å². The number of aromatic nitrogens is 2. The van der Waals surface area contributed by atoms with Crippen molar-refractivity contribution >= 4 is 28.5 Å². The zero-order valence-corrected chi connectivity index (χ0v) is 17.7. The first-order valence-corrected chi connectivity index (χ1v) is 11.3. The summed E-state index contributed by atoms with van der Waals surface area (Å²) < 4.78 is 0. The number of imidazole rings is 1. The Labute approximate surface area is 182 Å². The predicted molar refractivity (Wildman–Crippen MR) is 121 cm³/mol. The van der Waals surface area contributed by atoms with E-state index in [9.17, 15) is 9.59 Å². The van der Waals surface area contributed by atoms with Gasteiger partial charge < -0.3 is 15.2 Å². The largest absolute Gasteiger partial charge is 0.342 e. The summed E-state index contributed by atoms with van der Waals surface area (Å²) in [5, 5.41) is 3.00. The molecule has 2 aromatic carbocycles. The Balaban J connectivity index is 1.29. The summed E-state index contributed by atoms with van der Waals surface area (Å²) in [4.78, 5) is 34.8. The lowest BCUT2D eigenvalue weighted by molar-refractivity contribution is -0.128. The van der Waals surface area contributed by atoms with Crippen molar-refractivity contribution in [2.45, 2.75) is 57.4 Å². The Bertz CT molecular complexity index is 1110. The molecule has 2 heterocycles. The molecule has 1 saturated carbocycles. The second-order valence-electron chi connectivity index (χ2n) is 8.76. The summed E-state index contributed by atoms with van der Waals surface area (Å²) in [6.07, 6.45) is 7.80. The van der Waals surface area contributed by atoms with E-state index in [2.05, 4.69) is 10.3 Å². The number of hydrogen-bond acceptors (Lipinski definition) is 3. The minimum Gasteiger partial charge on any atom is -0.342 e. The molecule has 2 aliphatic rings. The molecule has 0 bridgehead atoms. The number of amides is 2. The zero-order valence-electron chi connectivity index (χ0n) is 17.7. The number of carbonyl (C=O) groups is 2. The molecule has 5 rings (SSSR count). The summed E-state index contributed by atoms with van der Waals surface area (Å²) in [5.41, 5.74) is 4.22. The molecular weight excluding hydrogens is 388 g/mol. The second-order valence-corrected chi connectivity index (χ2v) is 8.76. The first-order chi connectivity index (χ1) is 15.2. The number of hydrogen-bond donors (Lipinski definition) is 2. The maximum Gasteiger partial charge on any atom is 0.255 e. The van der Waals surface area contributed by atoms with Crippen LogP contribution >= 0.6 is 0 Å². The Morgan fingerprint density at radius 3 is 2.77 bits per heavy atom. The van der Waals surface area contributed by atoms with Gasteiger partial charge in [-0.3, -0.25) is 9.59 Å². The van der Waals surface area contributed by atoms with Crippen molar-refractivity contribution < 1.29 is 9.59 Å². The third-order valence-electron chi connectivity index (χ3n) is 6.48. The summed E-state index contributed by atoms with van der Waals surface area (Å²) in [5.74, 6) is 1.63. The number of fused-ring (bicyclic) bond motifs is 1. The molecule has 0 spiro atoms. The number of H-pyrrole nitrogens is 1. The number of carbonyl (C=O) groups excluding carboxylic acids is 2. The molecule has 1 aliphatic carbocycles. The highest BCUT2D eigenvalue weighted by atomic mass is 16.2. The number of anilines is 1. The van der Waals surface area contributed by atoms with Crippen molar-refractivity contribution in [2.24, 2.45) is 0 Å². The van der Waals surface area contributed by atoms with Gasteiger partial charge in [0, 0.05) is 36.7 Å². The van der Waals surface area contributed by atoms with Gasteiger partial charge in [-0.1, -0.05) is 31.4 Å². The van der Waals surface area contributed by atoms with Crippen molar-refractivity contribution in [3.8, 4) is 0 Å². The first kappa shape index (κ1) is 19.8. The number of nitrogens with zero attached hydrogens (tertiary/aromatic N) is 2. The van der Waals surface area contributed by atoms with Gasteiger partial charge in [0.25, 0.3) is 5.91 Å². The highest BCUT2D eigenvalue weighted by Gasteiger charge is 2.21. The molecule has 6 heteroatoms. The van der Waals surface area contributed by atoms with E-state index in [-0.39, 0.29) is 11.8 Å². The maximum absolute atomic E-state index is 12.8. The number of nitrogens with one attached hydrogen (secondary N) is 2. The Hall–Kier alpha value is -3.15. The Morgan fingerprint density at radius 1 is 1.10 bits per heavy atom. The number of likely N-dealkylation sites (tertiary alicyclic amines) is 1. The molecular formula is C25H28N4O2. The molecule has 1 saturated heterocycles. The molecule has 3 aromatic rings. The summed E-state index contributed by atoms with van der Waals surface area (Å²) in [6, 6.07) is 13.3. The van der Waals surface area contributed by atoms with Crippen LogP contribution in [-0.2, 0) is 11.3 Å². The van der Waals surface area contributed by atoms with Gasteiger partial charge in [0.2, 0.25) is 5.91 Å². The van der Waals surface area contributed by atoms with E-state index in [1.54, 1.807) is 6.07 Å². The van der Waals surface area contributed by atoms with Gasteiger partial charge in [0.05, 0.1) is 11.0 Å². The highest BCUT2D eigenvalue weighted by Crippen LogP contribution is 2.32. The van der Waals surface area contributed by atoms with E-state index in [1.807, 2.05) is 41.3 Å². The number of benzene rings is 2. The van der Waals surface area contributed by atoms with Gasteiger partial charge in [-0.2, -0.15) is 0 Å². The van der Waals surface area contributed by atoms with Crippen LogP contribution in [0, 0.1) is 0 Å². The van der Waals surface area contributed by atoms with Crippen LogP contribution in [0.5, 0.6) is 0 Å². The molecule has 160 valence electrons. The standard InChI is InChI=1S/C25H28N4O2/c30-23-10-5-13-29(23)16-17-6-4-9-19(14-17)25(31)26-20-11-12-21-22(15-20)28-24(27-21)18-7-2-1-3-8-18/h4,6,9,11-12,14-15,18H,1-3,5,7-8,10,13,16H2,(H,26,31)(H,27,28). The van der Waals surface area contributed by atoms with E-state index < -0.39 is 0 Å². The molecule has 2 fully saturated rings. The van der Waals surface area contributed by atoms with Crippen molar-refractivity contribution in [1.82, 2.24) is 14.9 Å². The fraction of sp³-hybridized carbons (Fsp3) is 0.400. The Kier molecular flexibility index (Phi) is 5.45. The molecule has 2 amide bonds. The third kappa shape index (κ3) is 4.33. The molecule has 1 aromatic heterocycles. The van der Waals surface area contributed by atoms with Crippen LogP contribution in [0.2, 0.25) is 0 Å². The van der Waals surface area contributed by atoms with Crippen molar-refractivity contribution in [2.75, 3.05) is 11.9 Å². The van der Waals surface area contributed by atoms with Gasteiger partial charge >= 0.3 is 0 Å². The van der Waals surface area contributed by atoms with Crippen LogP contribution in [0.1, 0.15) is 72.6 Å². The average molecular weight is 417 g/mol. The smallest absolute Gasteiger partial charge is 0.255 e. The lowest BCUT2D eigenvalue weighted by Gasteiger charge is -2.18. The Morgan fingerprint density at radius 2 is 1.97 bits per heavy atom.